The van der Waals surface area contributed by atoms with Crippen molar-refractivity contribution in [1.29, 1.82) is 0 Å². The number of rotatable bonds is 0. The summed E-state index contributed by atoms with van der Waals surface area (Å²) in [6.07, 6.45) is 0. The van der Waals surface area contributed by atoms with Crippen LogP contribution in [0.2, 0.25) is 0 Å². The van der Waals surface area contributed by atoms with Gasteiger partial charge in [0.15, 0.2) is 0 Å². The minimum absolute atomic E-state index is 0. The van der Waals surface area contributed by atoms with Crippen molar-refractivity contribution in [3.05, 3.63) is 30.3 Å². The van der Waals surface area contributed by atoms with Gasteiger partial charge in [-0.25, -0.2) is 0 Å². The Morgan fingerprint density at radius 1 is 1.20 bits per heavy atom. The van der Waals surface area contributed by atoms with Crippen LogP contribution in [-0.4, -0.2) is 11.9 Å². The van der Waals surface area contributed by atoms with Crippen LogP contribution in [0.3, 0.4) is 0 Å². The molecule has 0 aliphatic rings. The summed E-state index contributed by atoms with van der Waals surface area (Å²) in [4.78, 5) is 8.00. The molecular formula is C7H9NaO2. The van der Waals surface area contributed by atoms with E-state index in [4.69, 9.17) is 9.90 Å². The number of carbonyl (C=O) groups is 1. The normalized spacial score (nSPS) is 6.40. The number of para-hydroxylation sites is 1. The first-order valence-corrected chi connectivity index (χ1v) is 2.42. The Bertz CT molecular complexity index is 158. The molecule has 0 bridgehead atoms. The van der Waals surface area contributed by atoms with Crippen LogP contribution in [0, 0.1) is 0 Å². The molecule has 3 heteroatoms. The third-order valence-electron chi connectivity index (χ3n) is 0.756. The van der Waals surface area contributed by atoms with Crippen LogP contribution in [0.25, 0.3) is 0 Å². The van der Waals surface area contributed by atoms with Gasteiger partial charge in [-0.2, -0.15) is 0 Å². The maximum Gasteiger partial charge on any atom is 1.00 e. The van der Waals surface area contributed by atoms with Crippen molar-refractivity contribution in [2.24, 2.45) is 0 Å². The molecule has 0 aliphatic carbocycles. The van der Waals surface area contributed by atoms with Gasteiger partial charge in [-0.3, -0.25) is 0 Å². The molecule has 0 spiro atoms. The Kier molecular flexibility index (Phi) is 10.8. The largest absolute Gasteiger partial charge is 1.00 e. The van der Waals surface area contributed by atoms with Crippen LogP contribution < -0.4 is 29.6 Å². The molecule has 0 amide bonds. The zero-order chi connectivity index (χ0) is 7.11. The van der Waals surface area contributed by atoms with Gasteiger partial charge in [0.2, 0.25) is 0 Å². The average Bonchev–Trinajstić information content (AvgIpc) is 1.94. The first-order valence-electron chi connectivity index (χ1n) is 2.42. The molecule has 2 nitrogen and oxygen atoms in total. The van der Waals surface area contributed by atoms with E-state index in [9.17, 15) is 0 Å². The Morgan fingerprint density at radius 2 is 1.60 bits per heavy atom. The summed E-state index contributed by atoms with van der Waals surface area (Å²) in [5.41, 5.74) is 0. The number of hydrogen-bond acceptors (Lipinski definition) is 2. The van der Waals surface area contributed by atoms with Gasteiger partial charge < -0.3 is 11.3 Å². The van der Waals surface area contributed by atoms with E-state index >= 15 is 0 Å². The Labute approximate surface area is 83.7 Å². The summed E-state index contributed by atoms with van der Waals surface area (Å²) in [6, 6.07) is 8.71. The van der Waals surface area contributed by atoms with Crippen molar-refractivity contribution in [3.8, 4) is 5.75 Å². The number of phenols is 1. The molecule has 0 aliphatic heterocycles. The molecule has 1 aromatic rings. The molecule has 0 unspecified atom stereocenters. The van der Waals surface area contributed by atoms with Crippen molar-refractivity contribution in [1.82, 2.24) is 0 Å². The molecular weight excluding hydrogens is 139 g/mol. The van der Waals surface area contributed by atoms with Crippen molar-refractivity contribution >= 4 is 6.79 Å². The first kappa shape index (κ1) is 12.4. The fourth-order valence-corrected chi connectivity index (χ4v) is 0.428. The maximum atomic E-state index is 8.63. The molecule has 10 heavy (non-hydrogen) atoms. The van der Waals surface area contributed by atoms with E-state index in [0.717, 1.165) is 0 Å². The number of benzene rings is 1. The third-order valence-corrected chi connectivity index (χ3v) is 0.756. The summed E-state index contributed by atoms with van der Waals surface area (Å²) < 4.78 is 0. The fraction of sp³-hybridized carbons (Fsp3) is 0. The third kappa shape index (κ3) is 5.82. The summed E-state index contributed by atoms with van der Waals surface area (Å²) in [6.45, 7) is 2.00. The van der Waals surface area contributed by atoms with Gasteiger partial charge in [0.1, 0.15) is 12.5 Å². The second-order valence-electron chi connectivity index (χ2n) is 1.34. The van der Waals surface area contributed by atoms with E-state index in [-0.39, 0.29) is 31.0 Å². The quantitative estimate of drug-likeness (QED) is 0.446. The fourth-order valence-electron chi connectivity index (χ4n) is 0.428. The molecule has 0 atom stereocenters. The molecule has 0 saturated carbocycles. The number of phenolic OH excluding ortho intramolecular Hbond substituents is 1. The number of hydrogen-bond donors (Lipinski definition) is 1. The smallest absolute Gasteiger partial charge is 1.00 e. The summed E-state index contributed by atoms with van der Waals surface area (Å²) in [5, 5.41) is 8.63. The molecule has 0 radical (unpaired) electrons. The van der Waals surface area contributed by atoms with Crippen LogP contribution in [0.5, 0.6) is 5.75 Å². The second-order valence-corrected chi connectivity index (χ2v) is 1.34. The van der Waals surface area contributed by atoms with E-state index in [1.165, 1.54) is 0 Å². The molecule has 1 aromatic carbocycles. The van der Waals surface area contributed by atoms with E-state index in [1.54, 1.807) is 24.3 Å². The SMILES string of the molecule is C=O.Oc1ccccc1.[H-].[Na+]. The second kappa shape index (κ2) is 8.69. The molecule has 0 fully saturated rings. The van der Waals surface area contributed by atoms with E-state index in [2.05, 4.69) is 0 Å². The van der Waals surface area contributed by atoms with Gasteiger partial charge >= 0.3 is 29.6 Å². The van der Waals surface area contributed by atoms with E-state index in [1.807, 2.05) is 12.9 Å². The topological polar surface area (TPSA) is 37.3 Å². The molecule has 1 N–H and O–H groups in total. The summed E-state index contributed by atoms with van der Waals surface area (Å²) in [7, 11) is 0. The van der Waals surface area contributed by atoms with Gasteiger partial charge in [0.05, 0.1) is 0 Å². The maximum absolute atomic E-state index is 8.63. The van der Waals surface area contributed by atoms with Crippen molar-refractivity contribution in [2.45, 2.75) is 0 Å². The molecule has 0 aromatic heterocycles. The van der Waals surface area contributed by atoms with Gasteiger partial charge in [-0.1, -0.05) is 18.2 Å². The first-order chi connectivity index (χ1) is 4.39. The number of carbonyl (C=O) groups excluding carboxylic acids is 1. The summed E-state index contributed by atoms with van der Waals surface area (Å²) >= 11 is 0. The molecule has 0 saturated heterocycles. The van der Waals surface area contributed by atoms with Crippen LogP contribution in [0.1, 0.15) is 1.43 Å². The molecule has 0 heterocycles. The minimum atomic E-state index is 0. The predicted octanol–water partition coefficient (Wildman–Crippen LogP) is -1.68. The van der Waals surface area contributed by atoms with Crippen LogP contribution in [0.15, 0.2) is 30.3 Å². The van der Waals surface area contributed by atoms with Crippen molar-refractivity contribution < 1.29 is 40.9 Å². The van der Waals surface area contributed by atoms with Crippen LogP contribution in [-0.2, 0) is 4.79 Å². The van der Waals surface area contributed by atoms with Gasteiger partial charge in [0, 0.05) is 0 Å². The monoisotopic (exact) mass is 148 g/mol. The van der Waals surface area contributed by atoms with Gasteiger partial charge in [0.25, 0.3) is 0 Å². The van der Waals surface area contributed by atoms with E-state index in [0.29, 0.717) is 5.75 Å². The zero-order valence-electron chi connectivity index (χ0n) is 6.95. The Morgan fingerprint density at radius 3 is 1.80 bits per heavy atom. The van der Waals surface area contributed by atoms with Crippen LogP contribution >= 0.6 is 0 Å². The van der Waals surface area contributed by atoms with Gasteiger partial charge in [-0.15, -0.1) is 0 Å². The average molecular weight is 148 g/mol. The molecule has 1 rings (SSSR count). The Balaban J connectivity index is -0.000000149. The standard InChI is InChI=1S/C6H6O.CH2O.Na.H/c7-6-4-2-1-3-5-6;1-2;;/h1-5,7H;1H2;;/q;;+1;-1. The summed E-state index contributed by atoms with van der Waals surface area (Å²) in [5.74, 6) is 0.322. The predicted molar refractivity (Wildman–Crippen MR) is 36.3 cm³/mol. The minimum Gasteiger partial charge on any atom is -1.00 e. The van der Waals surface area contributed by atoms with E-state index < -0.39 is 0 Å². The number of aromatic hydroxyl groups is 1. The van der Waals surface area contributed by atoms with Crippen molar-refractivity contribution in [2.75, 3.05) is 0 Å². The molecule has 50 valence electrons. The zero-order valence-corrected chi connectivity index (χ0v) is 7.95. The Hall–Kier alpha value is -0.310. The van der Waals surface area contributed by atoms with Gasteiger partial charge in [-0.05, 0) is 12.1 Å². The van der Waals surface area contributed by atoms with Crippen molar-refractivity contribution in [3.63, 3.8) is 0 Å². The van der Waals surface area contributed by atoms with Crippen LogP contribution in [0.4, 0.5) is 0 Å².